The molecule has 6 nitrogen and oxygen atoms in total. The highest BCUT2D eigenvalue weighted by Gasteiger charge is 2.28. The van der Waals surface area contributed by atoms with Crippen LogP contribution in [0.5, 0.6) is 0 Å². The number of fused-ring (bicyclic) bond motifs is 1. The highest BCUT2D eigenvalue weighted by atomic mass is 35.5. The van der Waals surface area contributed by atoms with Gasteiger partial charge in [-0.15, -0.1) is 0 Å². The van der Waals surface area contributed by atoms with Gasteiger partial charge in [-0.05, 0) is 78.7 Å². The Morgan fingerprint density at radius 3 is 2.53 bits per heavy atom. The van der Waals surface area contributed by atoms with Crippen LogP contribution < -0.4 is 14.3 Å². The van der Waals surface area contributed by atoms with Gasteiger partial charge in [-0.2, -0.15) is 12.7 Å². The molecule has 0 spiro atoms. The van der Waals surface area contributed by atoms with Gasteiger partial charge < -0.3 is 4.90 Å². The van der Waals surface area contributed by atoms with Crippen molar-refractivity contribution in [3.8, 4) is 0 Å². The summed E-state index contributed by atoms with van der Waals surface area (Å²) in [5.41, 5.74) is 3.31. The molecule has 2 N–H and O–H groups in total. The highest BCUT2D eigenvalue weighted by Crippen LogP contribution is 2.24. The molecule has 2 atom stereocenters. The van der Waals surface area contributed by atoms with E-state index in [1.54, 1.807) is 11.9 Å². The lowest BCUT2D eigenvalue weighted by molar-refractivity contribution is 0.367. The van der Waals surface area contributed by atoms with E-state index in [1.165, 1.54) is 4.31 Å². The summed E-state index contributed by atoms with van der Waals surface area (Å²) in [6.07, 6.45) is 1.55. The summed E-state index contributed by atoms with van der Waals surface area (Å²) in [5.74, 6) is 0.175. The van der Waals surface area contributed by atoms with Crippen LogP contribution >= 0.6 is 23.5 Å². The van der Waals surface area contributed by atoms with E-state index in [0.29, 0.717) is 31.1 Å². The maximum atomic E-state index is 12.9. The number of halogens is 1. The molecule has 0 bridgehead atoms. The molecule has 1 heterocycles. The molecule has 0 fully saturated rings. The quantitative estimate of drug-likeness (QED) is 0.480. The second kappa shape index (κ2) is 11.2. The molecule has 0 aromatic heterocycles. The molecule has 32 heavy (non-hydrogen) atoms. The molecule has 2 aromatic rings. The van der Waals surface area contributed by atoms with Crippen molar-refractivity contribution >= 4 is 39.4 Å². The minimum absolute atomic E-state index is 0.144. The predicted molar refractivity (Wildman–Crippen MR) is 135 cm³/mol. The Kier molecular flexibility index (Phi) is 8.89. The Hall–Kier alpha value is -1.29. The van der Waals surface area contributed by atoms with Crippen molar-refractivity contribution in [2.75, 3.05) is 32.1 Å². The summed E-state index contributed by atoms with van der Waals surface area (Å²) in [4.78, 5) is 3.20. The Morgan fingerprint density at radius 1 is 1.16 bits per heavy atom. The summed E-state index contributed by atoms with van der Waals surface area (Å²) in [6, 6.07) is 14.2. The summed E-state index contributed by atoms with van der Waals surface area (Å²) in [7, 11) is 0.499. The molecule has 9 heteroatoms. The molecule has 0 saturated carbocycles. The van der Waals surface area contributed by atoms with Crippen LogP contribution in [-0.4, -0.2) is 45.9 Å². The second-order valence-electron chi connectivity index (χ2n) is 8.42. The van der Waals surface area contributed by atoms with Crippen LogP contribution in [0, 0.1) is 5.92 Å². The molecule has 0 amide bonds. The smallest absolute Gasteiger partial charge is 0.279 e. The second-order valence-corrected chi connectivity index (χ2v) is 11.5. The van der Waals surface area contributed by atoms with E-state index in [1.807, 2.05) is 32.3 Å². The molecule has 0 unspecified atom stereocenters. The molecule has 2 aromatic carbocycles. The molecule has 1 aliphatic heterocycles. The number of benzene rings is 2. The van der Waals surface area contributed by atoms with E-state index < -0.39 is 10.2 Å². The molecular formula is C23H33ClN4O2S2. The topological polar surface area (TPSA) is 64.7 Å². The minimum Gasteiger partial charge on any atom is -0.378 e. The van der Waals surface area contributed by atoms with Crippen LogP contribution in [0.25, 0.3) is 0 Å². The Balaban J connectivity index is 1.52. The fourth-order valence-electron chi connectivity index (χ4n) is 3.75. The minimum atomic E-state index is -3.54. The molecule has 3 rings (SSSR count). The first-order chi connectivity index (χ1) is 15.2. The third kappa shape index (κ3) is 6.62. The lowest BCUT2D eigenvalue weighted by Crippen LogP contribution is -2.46. The normalized spacial score (nSPS) is 16.4. The standard InChI is InChI=1S/C23H33ClN4O2S2/c1-5-18(17(2)26-31-23-10-8-22(9-11-23)27(3)4)15-25-32(29,30)28-13-12-19-14-21(24)7-6-20(19)16-28/h6-11,14,17-18,25-26H,5,12-13,15-16H2,1-4H3/t17-,18-/m1/s1. The van der Waals surface area contributed by atoms with E-state index in [-0.39, 0.29) is 12.0 Å². The first-order valence-corrected chi connectivity index (χ1v) is 13.5. The summed E-state index contributed by atoms with van der Waals surface area (Å²) in [6.45, 7) is 5.44. The fraction of sp³-hybridized carbons (Fsp3) is 0.478. The highest BCUT2D eigenvalue weighted by molar-refractivity contribution is 7.97. The monoisotopic (exact) mass is 496 g/mol. The predicted octanol–water partition coefficient (Wildman–Crippen LogP) is 4.31. The van der Waals surface area contributed by atoms with Crippen LogP contribution in [-0.2, 0) is 23.2 Å². The molecule has 0 saturated heterocycles. The number of hydrogen-bond acceptors (Lipinski definition) is 5. The number of anilines is 1. The fourth-order valence-corrected chi connectivity index (χ4v) is 5.98. The summed E-state index contributed by atoms with van der Waals surface area (Å²) in [5, 5.41) is 0.692. The van der Waals surface area contributed by atoms with Gasteiger partial charge in [0.25, 0.3) is 10.2 Å². The van der Waals surface area contributed by atoms with Crippen LogP contribution in [0.15, 0.2) is 47.4 Å². The van der Waals surface area contributed by atoms with Crippen molar-refractivity contribution in [3.63, 3.8) is 0 Å². The van der Waals surface area contributed by atoms with E-state index >= 15 is 0 Å². The number of rotatable bonds is 10. The Morgan fingerprint density at radius 2 is 1.88 bits per heavy atom. The van der Waals surface area contributed by atoms with Gasteiger partial charge in [0.2, 0.25) is 0 Å². The van der Waals surface area contributed by atoms with Gasteiger partial charge in [0.05, 0.1) is 0 Å². The third-order valence-corrected chi connectivity index (χ3v) is 8.72. The van der Waals surface area contributed by atoms with Crippen LogP contribution in [0.3, 0.4) is 0 Å². The molecule has 0 aliphatic carbocycles. The third-order valence-electron chi connectivity index (χ3n) is 5.96. The maximum Gasteiger partial charge on any atom is 0.279 e. The van der Waals surface area contributed by atoms with Gasteiger partial charge in [-0.1, -0.05) is 31.0 Å². The van der Waals surface area contributed by atoms with Gasteiger partial charge in [-0.25, -0.2) is 4.72 Å². The zero-order valence-electron chi connectivity index (χ0n) is 19.1. The first kappa shape index (κ1) is 25.3. The zero-order valence-corrected chi connectivity index (χ0v) is 21.5. The van der Waals surface area contributed by atoms with Crippen LogP contribution in [0.2, 0.25) is 5.02 Å². The van der Waals surface area contributed by atoms with E-state index in [9.17, 15) is 8.42 Å². The van der Waals surface area contributed by atoms with Crippen molar-refractivity contribution < 1.29 is 8.42 Å². The number of nitrogens with one attached hydrogen (secondary N) is 2. The van der Waals surface area contributed by atoms with Crippen LogP contribution in [0.4, 0.5) is 5.69 Å². The molecule has 176 valence electrons. The first-order valence-electron chi connectivity index (χ1n) is 10.9. The summed E-state index contributed by atoms with van der Waals surface area (Å²) < 4.78 is 33.7. The van der Waals surface area contributed by atoms with Crippen LogP contribution in [0.1, 0.15) is 31.4 Å². The Bertz CT molecular complexity index is 1000. The largest absolute Gasteiger partial charge is 0.378 e. The average molecular weight is 497 g/mol. The van der Waals surface area contributed by atoms with Crippen molar-refractivity contribution in [2.24, 2.45) is 5.92 Å². The van der Waals surface area contributed by atoms with E-state index in [2.05, 4.69) is 52.5 Å². The molecular weight excluding hydrogens is 464 g/mol. The summed E-state index contributed by atoms with van der Waals surface area (Å²) >= 11 is 7.64. The van der Waals surface area contributed by atoms with E-state index in [0.717, 1.165) is 28.1 Å². The van der Waals surface area contributed by atoms with Gasteiger partial charge >= 0.3 is 0 Å². The van der Waals surface area contributed by atoms with E-state index in [4.69, 9.17) is 11.6 Å². The van der Waals surface area contributed by atoms with Crippen molar-refractivity contribution in [1.29, 1.82) is 0 Å². The van der Waals surface area contributed by atoms with Gasteiger partial charge in [0.1, 0.15) is 0 Å². The SMILES string of the molecule is CC[C@H](CNS(=O)(=O)N1CCc2cc(Cl)ccc2C1)[C@@H](C)NSc1ccc(N(C)C)cc1. The molecule has 0 radical (unpaired) electrons. The number of nitrogens with zero attached hydrogens (tertiary/aromatic N) is 2. The molecule has 1 aliphatic rings. The number of hydrogen-bond donors (Lipinski definition) is 2. The average Bonchev–Trinajstić information content (AvgIpc) is 2.77. The van der Waals surface area contributed by atoms with Crippen molar-refractivity contribution in [3.05, 3.63) is 58.6 Å². The lowest BCUT2D eigenvalue weighted by atomic mass is 10.00. The van der Waals surface area contributed by atoms with Gasteiger partial charge in [0.15, 0.2) is 0 Å². The lowest BCUT2D eigenvalue weighted by Gasteiger charge is -2.30. The Labute approximate surface area is 202 Å². The maximum absolute atomic E-state index is 12.9. The van der Waals surface area contributed by atoms with Gasteiger partial charge in [0, 0.05) is 55.4 Å². The zero-order chi connectivity index (χ0) is 23.3. The van der Waals surface area contributed by atoms with Crippen molar-refractivity contribution in [2.45, 2.75) is 44.2 Å². The van der Waals surface area contributed by atoms with Crippen molar-refractivity contribution in [1.82, 2.24) is 13.7 Å². The van der Waals surface area contributed by atoms with Gasteiger partial charge in [-0.3, -0.25) is 4.72 Å².